The van der Waals surface area contributed by atoms with E-state index in [1.807, 2.05) is 0 Å². The zero-order valence-electron chi connectivity index (χ0n) is 15.2. The molecule has 0 aliphatic carbocycles. The molecule has 0 saturated heterocycles. The minimum Gasteiger partial charge on any atom is -0.313 e. The maximum absolute atomic E-state index is 3.72. The predicted molar refractivity (Wildman–Crippen MR) is 95.0 cm³/mol. The second-order valence-corrected chi connectivity index (χ2v) is 8.36. The maximum atomic E-state index is 3.72. The lowest BCUT2D eigenvalue weighted by atomic mass is 9.82. The molecule has 1 N–H and O–H groups in total. The molecule has 1 unspecified atom stereocenters. The molecule has 0 radical (unpaired) electrons. The first-order valence-corrected chi connectivity index (χ1v) is 8.47. The van der Waals surface area contributed by atoms with Gasteiger partial charge in [-0.3, -0.25) is 0 Å². The van der Waals surface area contributed by atoms with Crippen LogP contribution in [0.1, 0.15) is 72.4 Å². The Hall–Kier alpha value is -0.820. The summed E-state index contributed by atoms with van der Waals surface area (Å²) in [5.74, 6) is 0. The summed E-state index contributed by atoms with van der Waals surface area (Å²) in [6, 6.07) is 9.78. The standard InChI is InChI=1S/C20H35N/c1-8-15-21-18(20(5,6)7)14-11-16-9-12-17(13-10-16)19(2,3)4/h9-10,12-13,18,21H,8,11,14-15H2,1-7H3. The summed E-state index contributed by atoms with van der Waals surface area (Å²) in [5.41, 5.74) is 3.44. The molecular weight excluding hydrogens is 254 g/mol. The van der Waals surface area contributed by atoms with Crippen molar-refractivity contribution < 1.29 is 0 Å². The normalized spacial score (nSPS) is 14.2. The van der Waals surface area contributed by atoms with Gasteiger partial charge in [0.25, 0.3) is 0 Å². The van der Waals surface area contributed by atoms with Crippen molar-refractivity contribution in [3.8, 4) is 0 Å². The average Bonchev–Trinajstić information content (AvgIpc) is 2.36. The van der Waals surface area contributed by atoms with Crippen molar-refractivity contribution in [3.05, 3.63) is 35.4 Å². The van der Waals surface area contributed by atoms with Gasteiger partial charge < -0.3 is 5.32 Å². The lowest BCUT2D eigenvalue weighted by molar-refractivity contribution is 0.255. The highest BCUT2D eigenvalue weighted by Gasteiger charge is 2.23. The Kier molecular flexibility index (Phi) is 6.46. The Bertz CT molecular complexity index is 403. The second kappa shape index (κ2) is 7.45. The molecule has 1 aromatic rings. The fourth-order valence-electron chi connectivity index (χ4n) is 2.64. The van der Waals surface area contributed by atoms with Gasteiger partial charge in [-0.1, -0.05) is 72.7 Å². The van der Waals surface area contributed by atoms with Gasteiger partial charge in [-0.2, -0.15) is 0 Å². The lowest BCUT2D eigenvalue weighted by Crippen LogP contribution is -2.41. The van der Waals surface area contributed by atoms with Crippen LogP contribution in [-0.2, 0) is 11.8 Å². The van der Waals surface area contributed by atoms with Gasteiger partial charge in [0.05, 0.1) is 0 Å². The van der Waals surface area contributed by atoms with Crippen LogP contribution in [0, 0.1) is 5.41 Å². The minimum absolute atomic E-state index is 0.245. The third-order valence-electron chi connectivity index (χ3n) is 4.23. The topological polar surface area (TPSA) is 12.0 Å². The van der Waals surface area contributed by atoms with Crippen LogP contribution in [0.4, 0.5) is 0 Å². The van der Waals surface area contributed by atoms with E-state index in [9.17, 15) is 0 Å². The molecular formula is C20H35N. The van der Waals surface area contributed by atoms with Gasteiger partial charge in [-0.25, -0.2) is 0 Å². The smallest absolute Gasteiger partial charge is 0.0119 e. The first kappa shape index (κ1) is 18.2. The molecule has 1 atom stereocenters. The van der Waals surface area contributed by atoms with Crippen molar-refractivity contribution in [2.75, 3.05) is 6.54 Å². The number of hydrogen-bond acceptors (Lipinski definition) is 1. The molecule has 1 rings (SSSR count). The zero-order valence-corrected chi connectivity index (χ0v) is 15.2. The van der Waals surface area contributed by atoms with E-state index in [0.717, 1.165) is 13.0 Å². The summed E-state index contributed by atoms with van der Waals surface area (Å²) < 4.78 is 0. The SMILES string of the molecule is CCCNC(CCc1ccc(C(C)(C)C)cc1)C(C)(C)C. The lowest BCUT2D eigenvalue weighted by Gasteiger charge is -2.32. The highest BCUT2D eigenvalue weighted by molar-refractivity contribution is 5.27. The largest absolute Gasteiger partial charge is 0.313 e. The Labute approximate surface area is 132 Å². The van der Waals surface area contributed by atoms with Crippen molar-refractivity contribution in [2.45, 2.75) is 79.2 Å². The molecule has 0 heterocycles. The minimum atomic E-state index is 0.245. The monoisotopic (exact) mass is 289 g/mol. The van der Waals surface area contributed by atoms with Crippen molar-refractivity contribution in [1.82, 2.24) is 5.32 Å². The van der Waals surface area contributed by atoms with Crippen molar-refractivity contribution in [3.63, 3.8) is 0 Å². The summed E-state index contributed by atoms with van der Waals surface area (Å²) >= 11 is 0. The van der Waals surface area contributed by atoms with E-state index in [1.165, 1.54) is 24.0 Å². The molecule has 1 aromatic carbocycles. The number of hydrogen-bond donors (Lipinski definition) is 1. The quantitative estimate of drug-likeness (QED) is 0.746. The average molecular weight is 290 g/mol. The Balaban J connectivity index is 2.63. The Morgan fingerprint density at radius 3 is 1.95 bits per heavy atom. The maximum Gasteiger partial charge on any atom is 0.0119 e. The third-order valence-corrected chi connectivity index (χ3v) is 4.23. The van der Waals surface area contributed by atoms with Crippen molar-refractivity contribution in [2.24, 2.45) is 5.41 Å². The fraction of sp³-hybridized carbons (Fsp3) is 0.700. The second-order valence-electron chi connectivity index (χ2n) is 8.36. The van der Waals surface area contributed by atoms with E-state index < -0.39 is 0 Å². The molecule has 0 aromatic heterocycles. The van der Waals surface area contributed by atoms with Crippen LogP contribution in [0.25, 0.3) is 0 Å². The van der Waals surface area contributed by atoms with E-state index in [2.05, 4.69) is 78.0 Å². The number of nitrogens with one attached hydrogen (secondary N) is 1. The number of benzene rings is 1. The van der Waals surface area contributed by atoms with Crippen LogP contribution in [-0.4, -0.2) is 12.6 Å². The van der Waals surface area contributed by atoms with E-state index in [4.69, 9.17) is 0 Å². The number of aryl methyl sites for hydroxylation is 1. The molecule has 0 aliphatic rings. The van der Waals surface area contributed by atoms with Gasteiger partial charge in [0, 0.05) is 6.04 Å². The highest BCUT2D eigenvalue weighted by Crippen LogP contribution is 2.25. The van der Waals surface area contributed by atoms with Crippen LogP contribution in [0.3, 0.4) is 0 Å². The van der Waals surface area contributed by atoms with Gasteiger partial charge in [0.2, 0.25) is 0 Å². The van der Waals surface area contributed by atoms with Crippen LogP contribution in [0.15, 0.2) is 24.3 Å². The Morgan fingerprint density at radius 2 is 1.52 bits per heavy atom. The summed E-state index contributed by atoms with van der Waals surface area (Å²) in [5, 5.41) is 3.72. The molecule has 0 spiro atoms. The summed E-state index contributed by atoms with van der Waals surface area (Å²) in [6.45, 7) is 17.2. The van der Waals surface area contributed by atoms with E-state index in [0.29, 0.717) is 11.5 Å². The van der Waals surface area contributed by atoms with Crippen LogP contribution >= 0.6 is 0 Å². The van der Waals surface area contributed by atoms with Crippen molar-refractivity contribution in [1.29, 1.82) is 0 Å². The number of rotatable bonds is 6. The highest BCUT2D eigenvalue weighted by atomic mass is 14.9. The van der Waals surface area contributed by atoms with Gasteiger partial charge in [0.1, 0.15) is 0 Å². The van der Waals surface area contributed by atoms with Gasteiger partial charge in [-0.15, -0.1) is 0 Å². The molecule has 1 nitrogen and oxygen atoms in total. The van der Waals surface area contributed by atoms with E-state index in [1.54, 1.807) is 0 Å². The zero-order chi connectivity index (χ0) is 16.1. The summed E-state index contributed by atoms with van der Waals surface area (Å²) in [7, 11) is 0. The van der Waals surface area contributed by atoms with E-state index in [-0.39, 0.29) is 5.41 Å². The van der Waals surface area contributed by atoms with Crippen LogP contribution in [0.5, 0.6) is 0 Å². The molecule has 120 valence electrons. The van der Waals surface area contributed by atoms with Gasteiger partial charge >= 0.3 is 0 Å². The first-order valence-electron chi connectivity index (χ1n) is 8.47. The predicted octanol–water partition coefficient (Wildman–Crippen LogP) is 5.33. The molecule has 21 heavy (non-hydrogen) atoms. The van der Waals surface area contributed by atoms with Crippen LogP contribution < -0.4 is 5.32 Å². The van der Waals surface area contributed by atoms with E-state index >= 15 is 0 Å². The summed E-state index contributed by atoms with van der Waals surface area (Å²) in [4.78, 5) is 0. The third kappa shape index (κ3) is 6.22. The first-order chi connectivity index (χ1) is 9.64. The molecule has 0 fully saturated rings. The molecule has 0 saturated carbocycles. The molecule has 0 aliphatic heterocycles. The van der Waals surface area contributed by atoms with Gasteiger partial charge in [-0.05, 0) is 47.8 Å². The fourth-order valence-corrected chi connectivity index (χ4v) is 2.64. The Morgan fingerprint density at radius 1 is 0.952 bits per heavy atom. The van der Waals surface area contributed by atoms with Crippen molar-refractivity contribution >= 4 is 0 Å². The molecule has 0 amide bonds. The molecule has 0 bridgehead atoms. The van der Waals surface area contributed by atoms with Crippen LogP contribution in [0.2, 0.25) is 0 Å². The molecule has 1 heteroatoms. The van der Waals surface area contributed by atoms with Gasteiger partial charge in [0.15, 0.2) is 0 Å². The summed E-state index contributed by atoms with van der Waals surface area (Å²) in [6.07, 6.45) is 3.56.